The number of benzene rings is 1. The molecule has 4 aromatic rings. The Balaban J connectivity index is 1.21. The SMILES string of the molecule is COc1cccc(C(=O)Nc2cc(C(=O)Nc3cc(C(=O)Nc4cc(C(=O)NCCCN5CCN(C)CC5)n(C)c4)n(CCC(C)C)c3)n(C)c2)c1. The average Bonchev–Trinajstić information content (AvgIpc) is 3.81. The minimum Gasteiger partial charge on any atom is -0.497 e. The highest BCUT2D eigenvalue weighted by Gasteiger charge is 2.21. The van der Waals surface area contributed by atoms with Crippen molar-refractivity contribution in [1.82, 2.24) is 28.8 Å². The molecule has 0 radical (unpaired) electrons. The maximum Gasteiger partial charge on any atom is 0.272 e. The van der Waals surface area contributed by atoms with Gasteiger partial charge in [0.05, 0.1) is 24.2 Å². The van der Waals surface area contributed by atoms with Gasteiger partial charge in [0.2, 0.25) is 0 Å². The van der Waals surface area contributed by atoms with Crippen molar-refractivity contribution in [3.05, 3.63) is 83.7 Å². The van der Waals surface area contributed by atoms with Crippen molar-refractivity contribution in [2.75, 3.05) is 69.4 Å². The van der Waals surface area contributed by atoms with Gasteiger partial charge in [-0.25, -0.2) is 0 Å². The molecule has 14 heteroatoms. The Hall–Kier alpha value is -5.34. The Morgan fingerprint density at radius 2 is 1.29 bits per heavy atom. The number of hydrogen-bond acceptors (Lipinski definition) is 7. The largest absolute Gasteiger partial charge is 0.497 e. The summed E-state index contributed by atoms with van der Waals surface area (Å²) in [6, 6.07) is 11.7. The van der Waals surface area contributed by atoms with Gasteiger partial charge >= 0.3 is 0 Å². The predicted molar refractivity (Wildman–Crippen MR) is 202 cm³/mol. The number of nitrogens with one attached hydrogen (secondary N) is 4. The molecule has 278 valence electrons. The Morgan fingerprint density at radius 3 is 1.92 bits per heavy atom. The van der Waals surface area contributed by atoms with E-state index in [1.54, 1.807) is 84.3 Å². The van der Waals surface area contributed by atoms with Crippen LogP contribution in [0.25, 0.3) is 0 Å². The number of carbonyl (C=O) groups is 4. The van der Waals surface area contributed by atoms with E-state index < -0.39 is 5.91 Å². The Labute approximate surface area is 305 Å². The second-order valence-electron chi connectivity index (χ2n) is 13.8. The first-order chi connectivity index (χ1) is 24.9. The van der Waals surface area contributed by atoms with E-state index in [2.05, 4.69) is 52.0 Å². The molecule has 1 saturated heterocycles. The number of rotatable bonds is 15. The molecule has 4 N–H and O–H groups in total. The standard InChI is InChI=1S/C38H51N9O5/c1-26(2)11-14-47-25-30(42-37(50)33-21-28(23-45(33)5)40-35(48)27-9-7-10-31(19-27)52-6)22-34(47)38(51)41-29-20-32(44(4)24-29)36(49)39-12-8-13-46-17-15-43(3)16-18-46/h7,9-10,19-26H,8,11-18H2,1-6H3,(H,39,49)(H,40,48)(H,41,51)(H,42,50). The van der Waals surface area contributed by atoms with Crippen molar-refractivity contribution < 1.29 is 23.9 Å². The molecule has 3 aromatic heterocycles. The predicted octanol–water partition coefficient (Wildman–Crippen LogP) is 4.34. The normalized spacial score (nSPS) is 13.6. The van der Waals surface area contributed by atoms with Gasteiger partial charge in [-0.15, -0.1) is 0 Å². The molecule has 4 amide bonds. The van der Waals surface area contributed by atoms with E-state index in [4.69, 9.17) is 4.74 Å². The molecule has 5 rings (SSSR count). The molecule has 14 nitrogen and oxygen atoms in total. The van der Waals surface area contributed by atoms with E-state index >= 15 is 0 Å². The summed E-state index contributed by atoms with van der Waals surface area (Å²) in [5, 5.41) is 11.7. The quantitative estimate of drug-likeness (QED) is 0.134. The molecule has 1 aromatic carbocycles. The number of carbonyl (C=O) groups excluding carboxylic acids is 4. The van der Waals surface area contributed by atoms with Crippen molar-refractivity contribution in [2.45, 2.75) is 33.2 Å². The number of piperazine rings is 1. The summed E-state index contributed by atoms with van der Waals surface area (Å²) in [4.78, 5) is 57.6. The van der Waals surface area contributed by atoms with Crippen LogP contribution in [0, 0.1) is 5.92 Å². The van der Waals surface area contributed by atoms with Crippen molar-refractivity contribution in [3.8, 4) is 5.75 Å². The van der Waals surface area contributed by atoms with E-state index in [-0.39, 0.29) is 17.7 Å². The zero-order valence-corrected chi connectivity index (χ0v) is 31.0. The molecule has 52 heavy (non-hydrogen) atoms. The molecule has 1 aliphatic rings. The minimum absolute atomic E-state index is 0.199. The number of aryl methyl sites for hydroxylation is 3. The van der Waals surface area contributed by atoms with Crippen LogP contribution in [-0.2, 0) is 20.6 Å². The fourth-order valence-corrected chi connectivity index (χ4v) is 6.09. The number of ether oxygens (including phenoxy) is 1. The smallest absolute Gasteiger partial charge is 0.272 e. The van der Waals surface area contributed by atoms with Crippen molar-refractivity contribution >= 4 is 40.7 Å². The summed E-state index contributed by atoms with van der Waals surface area (Å²) in [6.45, 7) is 10.5. The summed E-state index contributed by atoms with van der Waals surface area (Å²) in [5.74, 6) is -0.349. The summed E-state index contributed by atoms with van der Waals surface area (Å²) in [5.41, 5.74) is 2.95. The second-order valence-corrected chi connectivity index (χ2v) is 13.8. The van der Waals surface area contributed by atoms with E-state index in [9.17, 15) is 19.2 Å². The Morgan fingerprint density at radius 1 is 0.712 bits per heavy atom. The van der Waals surface area contributed by atoms with E-state index in [0.29, 0.717) is 64.5 Å². The van der Waals surface area contributed by atoms with Crippen LogP contribution >= 0.6 is 0 Å². The maximum atomic E-state index is 13.6. The molecular formula is C38H51N9O5. The Kier molecular flexibility index (Phi) is 12.6. The van der Waals surface area contributed by atoms with Gasteiger partial charge in [0.25, 0.3) is 23.6 Å². The lowest BCUT2D eigenvalue weighted by Crippen LogP contribution is -2.45. The number of amides is 4. The molecule has 0 atom stereocenters. The number of anilines is 3. The number of nitrogens with zero attached hydrogens (tertiary/aromatic N) is 5. The first-order valence-electron chi connectivity index (χ1n) is 17.7. The first kappa shape index (κ1) is 37.9. The van der Waals surface area contributed by atoms with Gasteiger partial charge in [0.1, 0.15) is 22.8 Å². The molecule has 0 saturated carbocycles. The zero-order chi connectivity index (χ0) is 37.4. The lowest BCUT2D eigenvalue weighted by molar-refractivity contribution is 0.0939. The van der Waals surface area contributed by atoms with Crippen molar-refractivity contribution in [2.24, 2.45) is 20.0 Å². The molecular weight excluding hydrogens is 662 g/mol. The molecule has 0 spiro atoms. The van der Waals surface area contributed by atoms with Crippen LogP contribution in [0.4, 0.5) is 17.1 Å². The molecule has 4 heterocycles. The van der Waals surface area contributed by atoms with Crippen LogP contribution in [-0.4, -0.2) is 101 Å². The lowest BCUT2D eigenvalue weighted by Gasteiger charge is -2.32. The van der Waals surface area contributed by atoms with Gasteiger partial charge in [0, 0.05) is 77.5 Å². The minimum atomic E-state index is -0.403. The van der Waals surface area contributed by atoms with Crippen LogP contribution in [0.1, 0.15) is 68.5 Å². The monoisotopic (exact) mass is 713 g/mol. The highest BCUT2D eigenvalue weighted by atomic mass is 16.5. The van der Waals surface area contributed by atoms with Crippen molar-refractivity contribution in [1.29, 1.82) is 0 Å². The Bertz CT molecular complexity index is 1880. The van der Waals surface area contributed by atoms with Gasteiger partial charge in [0.15, 0.2) is 0 Å². The molecule has 0 unspecified atom stereocenters. The molecule has 0 bridgehead atoms. The highest BCUT2D eigenvalue weighted by Crippen LogP contribution is 2.22. The summed E-state index contributed by atoms with van der Waals surface area (Å²) in [6.07, 6.45) is 6.79. The fraction of sp³-hybridized carbons (Fsp3) is 0.421. The highest BCUT2D eigenvalue weighted by molar-refractivity contribution is 6.09. The molecule has 1 fully saturated rings. The average molecular weight is 714 g/mol. The topological polar surface area (TPSA) is 147 Å². The van der Waals surface area contributed by atoms with Crippen LogP contribution < -0.4 is 26.0 Å². The third-order valence-corrected chi connectivity index (χ3v) is 9.19. The maximum absolute atomic E-state index is 13.6. The summed E-state index contributed by atoms with van der Waals surface area (Å²) in [7, 11) is 7.15. The van der Waals surface area contributed by atoms with Gasteiger partial charge in [-0.2, -0.15) is 0 Å². The number of likely N-dealkylation sites (N-methyl/N-ethyl adjacent to an activating group) is 1. The third-order valence-electron chi connectivity index (χ3n) is 9.19. The van der Waals surface area contributed by atoms with E-state index in [1.807, 2.05) is 4.57 Å². The number of aromatic nitrogens is 3. The van der Waals surface area contributed by atoms with Crippen molar-refractivity contribution in [3.63, 3.8) is 0 Å². The lowest BCUT2D eigenvalue weighted by atomic mass is 10.1. The van der Waals surface area contributed by atoms with Gasteiger partial charge in [-0.1, -0.05) is 19.9 Å². The summed E-state index contributed by atoms with van der Waals surface area (Å²) < 4.78 is 10.4. The molecule has 0 aliphatic carbocycles. The van der Waals surface area contributed by atoms with Crippen LogP contribution in [0.15, 0.2) is 61.1 Å². The third kappa shape index (κ3) is 9.92. The van der Waals surface area contributed by atoms with Crippen LogP contribution in [0.2, 0.25) is 0 Å². The zero-order valence-electron chi connectivity index (χ0n) is 31.0. The van der Waals surface area contributed by atoms with E-state index in [0.717, 1.165) is 45.6 Å². The number of methoxy groups -OCH3 is 1. The number of hydrogen-bond donors (Lipinski definition) is 4. The van der Waals surface area contributed by atoms with E-state index in [1.165, 1.54) is 7.11 Å². The van der Waals surface area contributed by atoms with Gasteiger partial charge < -0.3 is 49.5 Å². The van der Waals surface area contributed by atoms with Gasteiger partial charge in [-0.05, 0) is 68.8 Å². The van der Waals surface area contributed by atoms with Gasteiger partial charge in [-0.3, -0.25) is 19.2 Å². The fourth-order valence-electron chi connectivity index (χ4n) is 6.09. The first-order valence-corrected chi connectivity index (χ1v) is 17.7. The van der Waals surface area contributed by atoms with Crippen LogP contribution in [0.5, 0.6) is 5.75 Å². The summed E-state index contributed by atoms with van der Waals surface area (Å²) >= 11 is 0. The second kappa shape index (κ2) is 17.2. The molecule has 1 aliphatic heterocycles. The van der Waals surface area contributed by atoms with Crippen LogP contribution in [0.3, 0.4) is 0 Å².